The molecule has 2 aromatic carbocycles. The van der Waals surface area contributed by atoms with Gasteiger partial charge < -0.3 is 21.1 Å². The van der Waals surface area contributed by atoms with E-state index >= 15 is 0 Å². The number of rotatable bonds is 8. The average molecular weight is 553 g/mol. The molecule has 2 rings (SSSR count). The lowest BCUT2D eigenvalue weighted by Crippen LogP contribution is -2.38. The lowest BCUT2D eigenvalue weighted by molar-refractivity contribution is 0.0963. The maximum atomic E-state index is 11.8. The van der Waals surface area contributed by atoms with Crippen molar-refractivity contribution in [1.29, 1.82) is 0 Å². The molecule has 7 heteroatoms. The maximum absolute atomic E-state index is 11.8. The Bertz CT molecular complexity index is 876. The molecule has 2 aromatic rings. The second-order valence-corrected chi connectivity index (χ2v) is 8.56. The number of hydrogen-bond donors (Lipinski definition) is 4. The lowest BCUT2D eigenvalue weighted by Gasteiger charge is -2.20. The number of aliphatic hydroxyl groups excluding tert-OH is 1. The van der Waals surface area contributed by atoms with E-state index in [1.165, 1.54) is 5.56 Å². The van der Waals surface area contributed by atoms with Crippen molar-refractivity contribution in [2.24, 2.45) is 4.99 Å². The third-order valence-electron chi connectivity index (χ3n) is 5.05. The van der Waals surface area contributed by atoms with Crippen molar-refractivity contribution in [3.63, 3.8) is 0 Å². The fourth-order valence-electron chi connectivity index (χ4n) is 3.17. The van der Waals surface area contributed by atoms with Crippen LogP contribution in [0.3, 0.4) is 0 Å². The minimum absolute atomic E-state index is 0. The SMILES string of the molecule is CCNC(=NCC(O)c1ccc(C(C)(C)C)cc1)NCCc1cccc(C(=O)NC)c1.I. The van der Waals surface area contributed by atoms with Crippen molar-refractivity contribution in [2.75, 3.05) is 26.7 Å². The Balaban J connectivity index is 0.00000512. The summed E-state index contributed by atoms with van der Waals surface area (Å²) in [6, 6.07) is 15.7. The zero-order valence-electron chi connectivity index (χ0n) is 19.7. The average Bonchev–Trinajstić information content (AvgIpc) is 2.76. The van der Waals surface area contributed by atoms with Gasteiger partial charge in [-0.3, -0.25) is 9.79 Å². The summed E-state index contributed by atoms with van der Waals surface area (Å²) < 4.78 is 0. The minimum Gasteiger partial charge on any atom is -0.386 e. The summed E-state index contributed by atoms with van der Waals surface area (Å²) in [4.78, 5) is 16.3. The molecule has 0 aromatic heterocycles. The van der Waals surface area contributed by atoms with E-state index in [0.717, 1.165) is 24.1 Å². The highest BCUT2D eigenvalue weighted by Gasteiger charge is 2.14. The van der Waals surface area contributed by atoms with Gasteiger partial charge in [-0.1, -0.05) is 57.2 Å². The van der Waals surface area contributed by atoms with Gasteiger partial charge in [0, 0.05) is 25.7 Å². The Kier molecular flexibility index (Phi) is 11.7. The Morgan fingerprint density at radius 1 is 1.09 bits per heavy atom. The highest BCUT2D eigenvalue weighted by molar-refractivity contribution is 14.0. The highest BCUT2D eigenvalue weighted by Crippen LogP contribution is 2.24. The van der Waals surface area contributed by atoms with Crippen molar-refractivity contribution < 1.29 is 9.90 Å². The van der Waals surface area contributed by atoms with Crippen molar-refractivity contribution in [1.82, 2.24) is 16.0 Å². The number of carbonyl (C=O) groups excluding carboxylic acids is 1. The molecule has 0 radical (unpaired) electrons. The van der Waals surface area contributed by atoms with Crippen LogP contribution in [-0.2, 0) is 11.8 Å². The first-order valence-corrected chi connectivity index (χ1v) is 10.9. The smallest absolute Gasteiger partial charge is 0.251 e. The van der Waals surface area contributed by atoms with E-state index in [0.29, 0.717) is 18.1 Å². The quantitative estimate of drug-likeness (QED) is 0.228. The molecule has 6 nitrogen and oxygen atoms in total. The van der Waals surface area contributed by atoms with Gasteiger partial charge in [-0.05, 0) is 47.6 Å². The number of hydrogen-bond acceptors (Lipinski definition) is 3. The minimum atomic E-state index is -0.659. The van der Waals surface area contributed by atoms with E-state index in [-0.39, 0.29) is 41.8 Å². The van der Waals surface area contributed by atoms with Crippen LogP contribution in [0.15, 0.2) is 53.5 Å². The molecule has 176 valence electrons. The van der Waals surface area contributed by atoms with Crippen molar-refractivity contribution >= 4 is 35.8 Å². The summed E-state index contributed by atoms with van der Waals surface area (Å²) in [5.41, 5.74) is 3.91. The molecule has 0 saturated carbocycles. The third-order valence-corrected chi connectivity index (χ3v) is 5.05. The number of aliphatic hydroxyl groups is 1. The first-order chi connectivity index (χ1) is 14.7. The number of amides is 1. The molecule has 0 saturated heterocycles. The molecule has 0 bridgehead atoms. The van der Waals surface area contributed by atoms with Crippen LogP contribution >= 0.6 is 24.0 Å². The predicted octanol–water partition coefficient (Wildman–Crippen LogP) is 3.79. The number of halogens is 1. The zero-order valence-corrected chi connectivity index (χ0v) is 22.1. The molecule has 0 aliphatic rings. The van der Waals surface area contributed by atoms with Gasteiger partial charge in [0.15, 0.2) is 5.96 Å². The van der Waals surface area contributed by atoms with Crippen LogP contribution in [0.1, 0.15) is 60.8 Å². The Morgan fingerprint density at radius 2 is 1.78 bits per heavy atom. The molecule has 0 spiro atoms. The number of nitrogens with one attached hydrogen (secondary N) is 3. The van der Waals surface area contributed by atoms with E-state index in [2.05, 4.69) is 53.8 Å². The molecular weight excluding hydrogens is 515 g/mol. The second-order valence-electron chi connectivity index (χ2n) is 8.56. The molecule has 4 N–H and O–H groups in total. The fourth-order valence-corrected chi connectivity index (χ4v) is 3.17. The van der Waals surface area contributed by atoms with Gasteiger partial charge in [0.2, 0.25) is 0 Å². The van der Waals surface area contributed by atoms with Gasteiger partial charge in [-0.2, -0.15) is 0 Å². The topological polar surface area (TPSA) is 85.8 Å². The lowest BCUT2D eigenvalue weighted by atomic mass is 9.86. The number of benzene rings is 2. The summed E-state index contributed by atoms with van der Waals surface area (Å²) in [6.07, 6.45) is 0.0974. The molecule has 1 amide bonds. The first kappa shape index (κ1) is 27.9. The standard InChI is InChI=1S/C25H36N4O2.HI/c1-6-27-24(28-15-14-18-8-7-9-20(16-18)23(31)26-5)29-17-22(30)19-10-12-21(13-11-19)25(2,3)4;/h7-13,16,22,30H,6,14-15,17H2,1-5H3,(H,26,31)(H2,27,28,29);1H. The molecule has 0 fully saturated rings. The summed E-state index contributed by atoms with van der Waals surface area (Å²) >= 11 is 0. The molecule has 1 atom stereocenters. The van der Waals surface area contributed by atoms with E-state index in [9.17, 15) is 9.90 Å². The third kappa shape index (κ3) is 8.78. The van der Waals surface area contributed by atoms with Crippen LogP contribution in [0.2, 0.25) is 0 Å². The van der Waals surface area contributed by atoms with Gasteiger partial charge in [-0.15, -0.1) is 24.0 Å². The van der Waals surface area contributed by atoms with Crippen molar-refractivity contribution in [3.8, 4) is 0 Å². The first-order valence-electron chi connectivity index (χ1n) is 10.9. The summed E-state index contributed by atoms with van der Waals surface area (Å²) in [7, 11) is 1.63. The molecule has 1 unspecified atom stereocenters. The van der Waals surface area contributed by atoms with Crippen LogP contribution in [0, 0.1) is 0 Å². The van der Waals surface area contributed by atoms with Crippen LogP contribution in [-0.4, -0.2) is 43.7 Å². The van der Waals surface area contributed by atoms with Crippen LogP contribution < -0.4 is 16.0 Å². The Labute approximate surface area is 209 Å². The molecular formula is C25H37IN4O2. The van der Waals surface area contributed by atoms with Crippen LogP contribution in [0.5, 0.6) is 0 Å². The second kappa shape index (κ2) is 13.4. The molecule has 32 heavy (non-hydrogen) atoms. The van der Waals surface area contributed by atoms with E-state index in [1.54, 1.807) is 13.1 Å². The van der Waals surface area contributed by atoms with Crippen LogP contribution in [0.25, 0.3) is 0 Å². The van der Waals surface area contributed by atoms with Crippen molar-refractivity contribution in [3.05, 3.63) is 70.8 Å². The monoisotopic (exact) mass is 552 g/mol. The van der Waals surface area contributed by atoms with Gasteiger partial charge in [0.1, 0.15) is 0 Å². The molecule has 0 aliphatic heterocycles. The van der Waals surface area contributed by atoms with Gasteiger partial charge in [-0.25, -0.2) is 0 Å². The van der Waals surface area contributed by atoms with E-state index in [4.69, 9.17) is 0 Å². The molecule has 0 heterocycles. The largest absolute Gasteiger partial charge is 0.386 e. The number of carbonyl (C=O) groups is 1. The van der Waals surface area contributed by atoms with Crippen molar-refractivity contribution in [2.45, 2.75) is 45.6 Å². The van der Waals surface area contributed by atoms with E-state index in [1.807, 2.05) is 37.3 Å². The Morgan fingerprint density at radius 3 is 2.38 bits per heavy atom. The number of nitrogens with zero attached hydrogens (tertiary/aromatic N) is 1. The number of aliphatic imine (C=N–C) groups is 1. The molecule has 0 aliphatic carbocycles. The zero-order chi connectivity index (χ0) is 22.9. The van der Waals surface area contributed by atoms with Crippen LogP contribution in [0.4, 0.5) is 0 Å². The summed E-state index contributed by atoms with van der Waals surface area (Å²) in [6.45, 7) is 10.2. The van der Waals surface area contributed by atoms with E-state index < -0.39 is 6.10 Å². The Hall–Kier alpha value is -2.13. The summed E-state index contributed by atoms with van der Waals surface area (Å²) in [5, 5.41) is 19.7. The van der Waals surface area contributed by atoms with Gasteiger partial charge in [0.05, 0.1) is 12.6 Å². The van der Waals surface area contributed by atoms with Gasteiger partial charge in [0.25, 0.3) is 5.91 Å². The number of guanidine groups is 1. The maximum Gasteiger partial charge on any atom is 0.251 e. The normalized spacial score (nSPS) is 12.5. The summed E-state index contributed by atoms with van der Waals surface area (Å²) in [5.74, 6) is 0.574. The highest BCUT2D eigenvalue weighted by atomic mass is 127. The fraction of sp³-hybridized carbons (Fsp3) is 0.440. The predicted molar refractivity (Wildman–Crippen MR) is 143 cm³/mol. The van der Waals surface area contributed by atoms with Gasteiger partial charge >= 0.3 is 0 Å².